The third kappa shape index (κ3) is 1.81. The SMILES string of the molecule is Cc1ccc(NC2CC2)c(C#N)c1. The standard InChI is InChI=1S/C11H12N2/c1-8-2-5-11(9(6-8)7-12)13-10-3-4-10/h2,5-6,10,13H,3-4H2,1H3. The monoisotopic (exact) mass is 172 g/mol. The van der Waals surface area contributed by atoms with E-state index in [1.165, 1.54) is 12.8 Å². The topological polar surface area (TPSA) is 35.8 Å². The van der Waals surface area contributed by atoms with Crippen LogP contribution in [-0.2, 0) is 0 Å². The van der Waals surface area contributed by atoms with Gasteiger partial charge in [0.25, 0.3) is 0 Å². The van der Waals surface area contributed by atoms with Crippen molar-refractivity contribution in [3.8, 4) is 6.07 Å². The number of nitriles is 1. The summed E-state index contributed by atoms with van der Waals surface area (Å²) < 4.78 is 0. The van der Waals surface area contributed by atoms with Crippen molar-refractivity contribution in [3.63, 3.8) is 0 Å². The largest absolute Gasteiger partial charge is 0.381 e. The quantitative estimate of drug-likeness (QED) is 0.743. The summed E-state index contributed by atoms with van der Waals surface area (Å²) >= 11 is 0. The molecule has 0 spiro atoms. The molecule has 0 unspecified atom stereocenters. The summed E-state index contributed by atoms with van der Waals surface area (Å²) in [6.45, 7) is 2.00. The van der Waals surface area contributed by atoms with Gasteiger partial charge in [0.1, 0.15) is 6.07 Å². The van der Waals surface area contributed by atoms with E-state index in [1.54, 1.807) is 0 Å². The molecule has 0 atom stereocenters. The lowest BCUT2D eigenvalue weighted by atomic mass is 10.1. The Labute approximate surface area is 78.2 Å². The summed E-state index contributed by atoms with van der Waals surface area (Å²) in [4.78, 5) is 0. The van der Waals surface area contributed by atoms with Crippen molar-refractivity contribution in [1.82, 2.24) is 0 Å². The summed E-state index contributed by atoms with van der Waals surface area (Å²) in [5.41, 5.74) is 2.88. The third-order valence-corrected chi connectivity index (χ3v) is 2.23. The lowest BCUT2D eigenvalue weighted by Crippen LogP contribution is -2.02. The van der Waals surface area contributed by atoms with Gasteiger partial charge in [-0.1, -0.05) is 6.07 Å². The van der Waals surface area contributed by atoms with Crippen molar-refractivity contribution in [1.29, 1.82) is 5.26 Å². The zero-order valence-corrected chi connectivity index (χ0v) is 7.67. The van der Waals surface area contributed by atoms with Gasteiger partial charge < -0.3 is 5.32 Å². The van der Waals surface area contributed by atoms with E-state index < -0.39 is 0 Å². The van der Waals surface area contributed by atoms with E-state index in [0.29, 0.717) is 6.04 Å². The Hall–Kier alpha value is -1.49. The average Bonchev–Trinajstić information content (AvgIpc) is 2.92. The van der Waals surface area contributed by atoms with Crippen molar-refractivity contribution in [2.24, 2.45) is 0 Å². The second-order valence-corrected chi connectivity index (χ2v) is 3.58. The van der Waals surface area contributed by atoms with Gasteiger partial charge in [0, 0.05) is 6.04 Å². The zero-order valence-electron chi connectivity index (χ0n) is 7.67. The first-order valence-corrected chi connectivity index (χ1v) is 4.57. The molecule has 2 rings (SSSR count). The minimum atomic E-state index is 0.606. The molecule has 0 radical (unpaired) electrons. The fourth-order valence-corrected chi connectivity index (χ4v) is 1.32. The van der Waals surface area contributed by atoms with Crippen molar-refractivity contribution in [2.45, 2.75) is 25.8 Å². The first-order chi connectivity index (χ1) is 6.29. The first kappa shape index (κ1) is 8.12. The number of rotatable bonds is 2. The van der Waals surface area contributed by atoms with E-state index in [4.69, 9.17) is 5.26 Å². The smallest absolute Gasteiger partial charge is 0.101 e. The highest BCUT2D eigenvalue weighted by atomic mass is 15.0. The highest BCUT2D eigenvalue weighted by molar-refractivity contribution is 5.59. The molecule has 1 aromatic rings. The normalized spacial score (nSPS) is 15.1. The second kappa shape index (κ2) is 3.10. The van der Waals surface area contributed by atoms with Crippen molar-refractivity contribution < 1.29 is 0 Å². The molecule has 66 valence electrons. The lowest BCUT2D eigenvalue weighted by molar-refractivity contribution is 1.15. The van der Waals surface area contributed by atoms with Gasteiger partial charge in [0.05, 0.1) is 11.3 Å². The van der Waals surface area contributed by atoms with E-state index in [9.17, 15) is 0 Å². The third-order valence-electron chi connectivity index (χ3n) is 2.23. The number of benzene rings is 1. The van der Waals surface area contributed by atoms with Crippen LogP contribution in [0.3, 0.4) is 0 Å². The Morgan fingerprint density at radius 1 is 1.46 bits per heavy atom. The Balaban J connectivity index is 2.27. The predicted octanol–water partition coefficient (Wildman–Crippen LogP) is 2.44. The molecular weight excluding hydrogens is 160 g/mol. The average molecular weight is 172 g/mol. The van der Waals surface area contributed by atoms with Crippen LogP contribution in [0.4, 0.5) is 5.69 Å². The lowest BCUT2D eigenvalue weighted by Gasteiger charge is -2.06. The Morgan fingerprint density at radius 3 is 2.85 bits per heavy atom. The van der Waals surface area contributed by atoms with Crippen LogP contribution < -0.4 is 5.32 Å². The number of nitrogens with zero attached hydrogens (tertiary/aromatic N) is 1. The molecule has 0 amide bonds. The predicted molar refractivity (Wildman–Crippen MR) is 52.5 cm³/mol. The fraction of sp³-hybridized carbons (Fsp3) is 0.364. The van der Waals surface area contributed by atoms with E-state index in [-0.39, 0.29) is 0 Å². The molecule has 1 N–H and O–H groups in total. The van der Waals surface area contributed by atoms with E-state index in [1.807, 2.05) is 25.1 Å². The van der Waals surface area contributed by atoms with E-state index in [2.05, 4.69) is 11.4 Å². The Bertz CT molecular complexity index is 359. The van der Waals surface area contributed by atoms with Gasteiger partial charge in [-0.05, 0) is 37.5 Å². The van der Waals surface area contributed by atoms with Crippen LogP contribution in [-0.4, -0.2) is 6.04 Å². The summed E-state index contributed by atoms with van der Waals surface area (Å²) in [6.07, 6.45) is 2.47. The van der Waals surface area contributed by atoms with Gasteiger partial charge in [-0.2, -0.15) is 5.26 Å². The highest BCUT2D eigenvalue weighted by Crippen LogP contribution is 2.26. The molecule has 13 heavy (non-hydrogen) atoms. The van der Waals surface area contributed by atoms with Gasteiger partial charge in [-0.15, -0.1) is 0 Å². The maximum Gasteiger partial charge on any atom is 0.101 e. The minimum Gasteiger partial charge on any atom is -0.381 e. The van der Waals surface area contributed by atoms with Crippen LogP contribution in [0.1, 0.15) is 24.0 Å². The maximum atomic E-state index is 8.89. The maximum absolute atomic E-state index is 8.89. The van der Waals surface area contributed by atoms with Crippen molar-refractivity contribution >= 4 is 5.69 Å². The molecule has 0 aliphatic heterocycles. The highest BCUT2D eigenvalue weighted by Gasteiger charge is 2.21. The van der Waals surface area contributed by atoms with Gasteiger partial charge in [0.15, 0.2) is 0 Å². The molecule has 1 fully saturated rings. The summed E-state index contributed by atoms with van der Waals surface area (Å²) in [5, 5.41) is 12.2. The van der Waals surface area contributed by atoms with Crippen LogP contribution >= 0.6 is 0 Å². The Kier molecular flexibility index (Phi) is 1.94. The summed E-state index contributed by atoms with van der Waals surface area (Å²) in [5.74, 6) is 0. The molecule has 0 saturated heterocycles. The number of hydrogen-bond acceptors (Lipinski definition) is 2. The molecule has 2 nitrogen and oxygen atoms in total. The first-order valence-electron chi connectivity index (χ1n) is 4.57. The number of nitrogens with one attached hydrogen (secondary N) is 1. The van der Waals surface area contributed by atoms with Gasteiger partial charge in [0.2, 0.25) is 0 Å². The van der Waals surface area contributed by atoms with Crippen LogP contribution in [0.15, 0.2) is 18.2 Å². The number of hydrogen-bond donors (Lipinski definition) is 1. The molecular formula is C11H12N2. The summed E-state index contributed by atoms with van der Waals surface area (Å²) in [7, 11) is 0. The molecule has 1 saturated carbocycles. The van der Waals surface area contributed by atoms with Crippen molar-refractivity contribution in [2.75, 3.05) is 5.32 Å². The van der Waals surface area contributed by atoms with Crippen LogP contribution in [0, 0.1) is 18.3 Å². The minimum absolute atomic E-state index is 0.606. The molecule has 1 aliphatic rings. The Morgan fingerprint density at radius 2 is 2.23 bits per heavy atom. The van der Waals surface area contributed by atoms with Crippen LogP contribution in [0.2, 0.25) is 0 Å². The molecule has 1 aliphatic carbocycles. The molecule has 2 heteroatoms. The van der Waals surface area contributed by atoms with E-state index in [0.717, 1.165) is 16.8 Å². The number of anilines is 1. The van der Waals surface area contributed by atoms with Crippen molar-refractivity contribution in [3.05, 3.63) is 29.3 Å². The molecule has 0 aromatic heterocycles. The van der Waals surface area contributed by atoms with Crippen LogP contribution in [0.5, 0.6) is 0 Å². The second-order valence-electron chi connectivity index (χ2n) is 3.58. The number of aryl methyl sites for hydroxylation is 1. The van der Waals surface area contributed by atoms with Gasteiger partial charge in [-0.3, -0.25) is 0 Å². The zero-order chi connectivity index (χ0) is 9.26. The fourth-order valence-electron chi connectivity index (χ4n) is 1.32. The van der Waals surface area contributed by atoms with Gasteiger partial charge >= 0.3 is 0 Å². The molecule has 1 aromatic carbocycles. The van der Waals surface area contributed by atoms with E-state index >= 15 is 0 Å². The molecule has 0 bridgehead atoms. The molecule has 0 heterocycles. The summed E-state index contributed by atoms with van der Waals surface area (Å²) in [6, 6.07) is 8.76. The van der Waals surface area contributed by atoms with Crippen LogP contribution in [0.25, 0.3) is 0 Å². The van der Waals surface area contributed by atoms with Gasteiger partial charge in [-0.25, -0.2) is 0 Å².